The number of rotatable bonds is 5. The molecule has 0 aliphatic carbocycles. The molecule has 7 heteroatoms. The molecule has 142 valence electrons. The molecule has 1 N–H and O–H groups in total. The fraction of sp³-hybridized carbons (Fsp3) is 0.143. The van der Waals surface area contributed by atoms with Crippen molar-refractivity contribution in [2.45, 2.75) is 19.5 Å². The normalized spacial score (nSPS) is 11.9. The average Bonchev–Trinajstić information content (AvgIpc) is 3.18. The van der Waals surface area contributed by atoms with Crippen molar-refractivity contribution in [3.63, 3.8) is 0 Å². The lowest BCUT2D eigenvalue weighted by Gasteiger charge is -2.08. The molecule has 0 saturated heterocycles. The van der Waals surface area contributed by atoms with Gasteiger partial charge in [-0.3, -0.25) is 0 Å². The zero-order valence-electron chi connectivity index (χ0n) is 14.9. The maximum absolute atomic E-state index is 12.8. The molecule has 3 aromatic rings. The molecule has 0 spiro atoms. The maximum Gasteiger partial charge on any atom is 0.416 e. The van der Waals surface area contributed by atoms with Crippen molar-refractivity contribution in [1.82, 2.24) is 4.98 Å². The molecule has 1 heterocycles. The second-order valence-electron chi connectivity index (χ2n) is 5.98. The highest BCUT2D eigenvalue weighted by molar-refractivity contribution is 7.11. The molecule has 0 unspecified atom stereocenters. The van der Waals surface area contributed by atoms with Gasteiger partial charge >= 0.3 is 6.18 Å². The van der Waals surface area contributed by atoms with E-state index in [1.54, 1.807) is 0 Å². The first-order chi connectivity index (χ1) is 13.4. The van der Waals surface area contributed by atoms with E-state index in [0.717, 1.165) is 29.8 Å². The minimum Gasteiger partial charge on any atom is -0.360 e. The molecule has 0 aliphatic heterocycles. The van der Waals surface area contributed by atoms with Crippen LogP contribution in [0.1, 0.15) is 23.1 Å². The van der Waals surface area contributed by atoms with Gasteiger partial charge in [0.2, 0.25) is 0 Å². The number of nitriles is 1. The van der Waals surface area contributed by atoms with Crippen LogP contribution in [0.2, 0.25) is 0 Å². The Bertz CT molecular complexity index is 1030. The van der Waals surface area contributed by atoms with E-state index in [4.69, 9.17) is 0 Å². The van der Waals surface area contributed by atoms with Crippen LogP contribution in [-0.2, 0) is 12.6 Å². The first kappa shape index (κ1) is 19.6. The Hall–Kier alpha value is -3.11. The molecule has 0 atom stereocenters. The molecular weight excluding hydrogens is 383 g/mol. The molecule has 28 heavy (non-hydrogen) atoms. The second-order valence-corrected chi connectivity index (χ2v) is 6.84. The van der Waals surface area contributed by atoms with Gasteiger partial charge in [0.05, 0.1) is 11.3 Å². The summed E-state index contributed by atoms with van der Waals surface area (Å²) in [5.74, 6) is 0. The smallest absolute Gasteiger partial charge is 0.360 e. The number of benzene rings is 2. The Labute approximate surface area is 164 Å². The van der Waals surface area contributed by atoms with Crippen LogP contribution in [0.25, 0.3) is 16.8 Å². The number of anilines is 1. The molecule has 3 rings (SSSR count). The van der Waals surface area contributed by atoms with E-state index in [1.165, 1.54) is 35.2 Å². The fourth-order valence-corrected chi connectivity index (χ4v) is 3.32. The van der Waals surface area contributed by atoms with Crippen LogP contribution in [0.3, 0.4) is 0 Å². The third-order valence-electron chi connectivity index (χ3n) is 4.09. The van der Waals surface area contributed by atoms with Gasteiger partial charge in [-0.25, -0.2) is 4.98 Å². The van der Waals surface area contributed by atoms with Gasteiger partial charge in [0.25, 0.3) is 0 Å². The highest BCUT2D eigenvalue weighted by Crippen LogP contribution is 2.31. The highest BCUT2D eigenvalue weighted by atomic mass is 32.1. The van der Waals surface area contributed by atoms with Crippen LogP contribution in [-0.4, -0.2) is 4.98 Å². The van der Waals surface area contributed by atoms with Gasteiger partial charge in [0.15, 0.2) is 0 Å². The minimum atomic E-state index is -4.42. The quantitative estimate of drug-likeness (QED) is 0.507. The molecule has 0 amide bonds. The SMILES string of the molecule is CCc1ccc(-c2csc(/C(C#N)=C/Nc3cccc(C(F)(F)F)c3)n2)cc1. The zero-order chi connectivity index (χ0) is 20.1. The number of hydrogen-bond acceptors (Lipinski definition) is 4. The number of allylic oxidation sites excluding steroid dienone is 1. The first-order valence-corrected chi connectivity index (χ1v) is 9.38. The van der Waals surface area contributed by atoms with Crippen LogP contribution in [0.5, 0.6) is 0 Å². The van der Waals surface area contributed by atoms with Crippen molar-refractivity contribution < 1.29 is 13.2 Å². The number of aromatic nitrogens is 1. The van der Waals surface area contributed by atoms with Crippen molar-refractivity contribution in [1.29, 1.82) is 5.26 Å². The van der Waals surface area contributed by atoms with Crippen LogP contribution >= 0.6 is 11.3 Å². The van der Waals surface area contributed by atoms with Crippen molar-refractivity contribution in [2.24, 2.45) is 0 Å². The Balaban J connectivity index is 1.80. The van der Waals surface area contributed by atoms with Crippen molar-refractivity contribution >= 4 is 22.6 Å². The summed E-state index contributed by atoms with van der Waals surface area (Å²) in [4.78, 5) is 4.48. The minimum absolute atomic E-state index is 0.245. The molecule has 0 bridgehead atoms. The van der Waals surface area contributed by atoms with Crippen molar-refractivity contribution in [3.8, 4) is 17.3 Å². The van der Waals surface area contributed by atoms with E-state index in [-0.39, 0.29) is 11.3 Å². The summed E-state index contributed by atoms with van der Waals surface area (Å²) in [6.45, 7) is 2.08. The molecule has 1 aromatic heterocycles. The van der Waals surface area contributed by atoms with Crippen LogP contribution in [0.4, 0.5) is 18.9 Å². The lowest BCUT2D eigenvalue weighted by atomic mass is 10.1. The van der Waals surface area contributed by atoms with E-state index >= 15 is 0 Å². The molecule has 2 aromatic carbocycles. The number of aryl methyl sites for hydroxylation is 1. The molecule has 0 radical (unpaired) electrons. The van der Waals surface area contributed by atoms with Gasteiger partial charge in [-0.15, -0.1) is 11.3 Å². The predicted molar refractivity (Wildman–Crippen MR) is 106 cm³/mol. The first-order valence-electron chi connectivity index (χ1n) is 8.50. The molecule has 0 saturated carbocycles. The third kappa shape index (κ3) is 4.59. The van der Waals surface area contributed by atoms with Gasteiger partial charge in [-0.1, -0.05) is 37.3 Å². The summed E-state index contributed by atoms with van der Waals surface area (Å²) in [6, 6.07) is 14.9. The van der Waals surface area contributed by atoms with E-state index in [2.05, 4.69) is 17.2 Å². The third-order valence-corrected chi connectivity index (χ3v) is 4.96. The lowest BCUT2D eigenvalue weighted by Crippen LogP contribution is -2.05. The van der Waals surface area contributed by atoms with Crippen molar-refractivity contribution in [2.75, 3.05) is 5.32 Å². The van der Waals surface area contributed by atoms with Crippen molar-refractivity contribution in [3.05, 3.63) is 76.2 Å². The highest BCUT2D eigenvalue weighted by Gasteiger charge is 2.30. The molecule has 0 aliphatic rings. The Morgan fingerprint density at radius 2 is 1.96 bits per heavy atom. The van der Waals surface area contributed by atoms with Crippen LogP contribution < -0.4 is 5.32 Å². The zero-order valence-corrected chi connectivity index (χ0v) is 15.7. The summed E-state index contributed by atoms with van der Waals surface area (Å²) in [6.07, 6.45) is -2.10. The maximum atomic E-state index is 12.8. The number of hydrogen-bond donors (Lipinski definition) is 1. The van der Waals surface area contributed by atoms with Gasteiger partial charge in [0, 0.05) is 22.8 Å². The predicted octanol–water partition coefficient (Wildman–Crippen LogP) is 6.37. The number of thiazole rings is 1. The Morgan fingerprint density at radius 1 is 1.21 bits per heavy atom. The summed E-state index contributed by atoms with van der Waals surface area (Å²) in [5.41, 5.74) is 2.66. The van der Waals surface area contributed by atoms with Crippen LogP contribution in [0.15, 0.2) is 60.1 Å². The molecular formula is C21H16F3N3S. The number of nitrogens with zero attached hydrogens (tertiary/aromatic N) is 2. The fourth-order valence-electron chi connectivity index (χ4n) is 2.52. The molecule has 3 nitrogen and oxygen atoms in total. The summed E-state index contributed by atoms with van der Waals surface area (Å²) >= 11 is 1.31. The molecule has 0 fully saturated rings. The number of nitrogens with one attached hydrogen (secondary N) is 1. The Kier molecular flexibility index (Phi) is 5.81. The summed E-state index contributed by atoms with van der Waals surface area (Å²) < 4.78 is 38.4. The van der Waals surface area contributed by atoms with E-state index in [9.17, 15) is 18.4 Å². The number of halogens is 3. The summed E-state index contributed by atoms with van der Waals surface area (Å²) in [5, 5.41) is 14.5. The standard InChI is InChI=1S/C21H16F3N3S/c1-2-14-6-8-15(9-7-14)19-13-28-20(27-19)16(11-25)12-26-18-5-3-4-17(10-18)21(22,23)24/h3-10,12-13,26H,2H2,1H3/b16-12+. The largest absolute Gasteiger partial charge is 0.416 e. The van der Waals surface area contributed by atoms with E-state index < -0.39 is 11.7 Å². The van der Waals surface area contributed by atoms with E-state index in [1.807, 2.05) is 35.7 Å². The van der Waals surface area contributed by atoms with Gasteiger partial charge in [0.1, 0.15) is 16.6 Å². The van der Waals surface area contributed by atoms with Gasteiger partial charge in [-0.05, 0) is 30.2 Å². The topological polar surface area (TPSA) is 48.7 Å². The van der Waals surface area contributed by atoms with Gasteiger partial charge < -0.3 is 5.32 Å². The van der Waals surface area contributed by atoms with Crippen LogP contribution in [0, 0.1) is 11.3 Å². The second kappa shape index (κ2) is 8.28. The lowest BCUT2D eigenvalue weighted by molar-refractivity contribution is -0.137. The van der Waals surface area contributed by atoms with Gasteiger partial charge in [-0.2, -0.15) is 18.4 Å². The monoisotopic (exact) mass is 399 g/mol. The summed E-state index contributed by atoms with van der Waals surface area (Å²) in [7, 11) is 0. The van der Waals surface area contributed by atoms with E-state index in [0.29, 0.717) is 5.01 Å². The number of alkyl halides is 3. The average molecular weight is 399 g/mol. The Morgan fingerprint density at radius 3 is 2.61 bits per heavy atom.